The second-order valence-corrected chi connectivity index (χ2v) is 6.09. The Balaban J connectivity index is 1.88. The summed E-state index contributed by atoms with van der Waals surface area (Å²) in [5, 5.41) is 0. The first-order valence-electron chi connectivity index (χ1n) is 6.70. The SMILES string of the molecule is NC1=NCC(c2ccc(F)c(Br)c2)N1C1CCCC1. The molecule has 0 amide bonds. The minimum atomic E-state index is -0.233. The van der Waals surface area contributed by atoms with Crippen LogP contribution >= 0.6 is 15.9 Å². The van der Waals surface area contributed by atoms with Gasteiger partial charge in [0.1, 0.15) is 5.82 Å². The van der Waals surface area contributed by atoms with Gasteiger partial charge in [0.2, 0.25) is 0 Å². The van der Waals surface area contributed by atoms with E-state index < -0.39 is 0 Å². The number of halogens is 2. The zero-order chi connectivity index (χ0) is 13.4. The molecule has 1 aliphatic heterocycles. The van der Waals surface area contributed by atoms with Gasteiger partial charge in [0.05, 0.1) is 17.1 Å². The van der Waals surface area contributed by atoms with E-state index in [1.54, 1.807) is 0 Å². The van der Waals surface area contributed by atoms with Gasteiger partial charge >= 0.3 is 0 Å². The molecule has 2 aliphatic rings. The molecule has 1 saturated carbocycles. The van der Waals surface area contributed by atoms with Gasteiger partial charge in [0, 0.05) is 6.04 Å². The van der Waals surface area contributed by atoms with Gasteiger partial charge in [-0.05, 0) is 46.5 Å². The van der Waals surface area contributed by atoms with Gasteiger partial charge in [-0.15, -0.1) is 0 Å². The van der Waals surface area contributed by atoms with E-state index in [4.69, 9.17) is 5.73 Å². The highest BCUT2D eigenvalue weighted by atomic mass is 79.9. The van der Waals surface area contributed by atoms with Crippen LogP contribution in [0.1, 0.15) is 37.3 Å². The van der Waals surface area contributed by atoms with Gasteiger partial charge in [0.15, 0.2) is 5.96 Å². The summed E-state index contributed by atoms with van der Waals surface area (Å²) in [5.74, 6) is 0.403. The normalized spacial score (nSPS) is 24.0. The van der Waals surface area contributed by atoms with Crippen molar-refractivity contribution in [2.45, 2.75) is 37.8 Å². The Labute approximate surface area is 120 Å². The molecule has 1 aromatic rings. The first-order valence-corrected chi connectivity index (χ1v) is 7.49. The smallest absolute Gasteiger partial charge is 0.192 e. The van der Waals surface area contributed by atoms with Gasteiger partial charge in [-0.3, -0.25) is 4.99 Å². The summed E-state index contributed by atoms with van der Waals surface area (Å²) in [6.45, 7) is 0.667. The molecular weight excluding hydrogens is 309 g/mol. The van der Waals surface area contributed by atoms with Crippen LogP contribution in [0.2, 0.25) is 0 Å². The maximum Gasteiger partial charge on any atom is 0.192 e. The molecule has 0 aromatic heterocycles. The molecule has 3 nitrogen and oxygen atoms in total. The third-order valence-electron chi connectivity index (χ3n) is 4.07. The van der Waals surface area contributed by atoms with Crippen molar-refractivity contribution in [1.82, 2.24) is 4.90 Å². The lowest BCUT2D eigenvalue weighted by molar-refractivity contribution is 0.262. The lowest BCUT2D eigenvalue weighted by Gasteiger charge is -2.32. The van der Waals surface area contributed by atoms with E-state index in [0.717, 1.165) is 5.56 Å². The predicted octanol–water partition coefficient (Wildman–Crippen LogP) is 3.20. The minimum Gasteiger partial charge on any atom is -0.370 e. The van der Waals surface area contributed by atoms with E-state index in [9.17, 15) is 4.39 Å². The molecule has 102 valence electrons. The third kappa shape index (κ3) is 2.36. The molecule has 1 heterocycles. The van der Waals surface area contributed by atoms with E-state index >= 15 is 0 Å². The Morgan fingerprint density at radius 1 is 1.32 bits per heavy atom. The van der Waals surface area contributed by atoms with Crippen LogP contribution in [-0.4, -0.2) is 23.4 Å². The van der Waals surface area contributed by atoms with Crippen molar-refractivity contribution in [1.29, 1.82) is 0 Å². The summed E-state index contributed by atoms with van der Waals surface area (Å²) in [6.07, 6.45) is 4.87. The highest BCUT2D eigenvalue weighted by Gasteiger charge is 2.34. The van der Waals surface area contributed by atoms with E-state index in [0.29, 0.717) is 23.0 Å². The Hall–Kier alpha value is -1.10. The molecule has 1 aliphatic carbocycles. The first-order chi connectivity index (χ1) is 9.16. The largest absolute Gasteiger partial charge is 0.370 e. The number of aliphatic imine (C=N–C) groups is 1. The minimum absolute atomic E-state index is 0.153. The molecular formula is C14H17BrFN3. The Kier molecular flexibility index (Phi) is 3.48. The second kappa shape index (κ2) is 5.12. The maximum atomic E-state index is 13.3. The van der Waals surface area contributed by atoms with Crippen molar-refractivity contribution < 1.29 is 4.39 Å². The maximum absolute atomic E-state index is 13.3. The predicted molar refractivity (Wildman–Crippen MR) is 77.4 cm³/mol. The van der Waals surface area contributed by atoms with Crippen molar-refractivity contribution in [2.75, 3.05) is 6.54 Å². The Morgan fingerprint density at radius 3 is 2.74 bits per heavy atom. The second-order valence-electron chi connectivity index (χ2n) is 5.23. The standard InChI is InChI=1S/C14H17BrFN3/c15-11-7-9(5-6-12(11)16)13-8-18-14(17)19(13)10-3-1-2-4-10/h5-7,10,13H,1-4,8H2,(H2,17,18). The van der Waals surface area contributed by atoms with Crippen molar-refractivity contribution in [3.8, 4) is 0 Å². The average Bonchev–Trinajstić information content (AvgIpc) is 3.01. The summed E-state index contributed by atoms with van der Waals surface area (Å²) < 4.78 is 13.8. The van der Waals surface area contributed by atoms with Crippen molar-refractivity contribution >= 4 is 21.9 Å². The molecule has 1 aromatic carbocycles. The van der Waals surface area contributed by atoms with Crippen LogP contribution in [0.5, 0.6) is 0 Å². The monoisotopic (exact) mass is 325 g/mol. The third-order valence-corrected chi connectivity index (χ3v) is 4.68. The highest BCUT2D eigenvalue weighted by molar-refractivity contribution is 9.10. The summed E-state index contributed by atoms with van der Waals surface area (Å²) in [5.41, 5.74) is 7.12. The molecule has 1 fully saturated rings. The number of benzene rings is 1. The summed E-state index contributed by atoms with van der Waals surface area (Å²) in [6, 6.07) is 5.82. The lowest BCUT2D eigenvalue weighted by Crippen LogP contribution is -2.42. The zero-order valence-electron chi connectivity index (χ0n) is 10.6. The summed E-state index contributed by atoms with van der Waals surface area (Å²) in [7, 11) is 0. The molecule has 1 atom stereocenters. The van der Waals surface area contributed by atoms with Crippen LogP contribution < -0.4 is 5.73 Å². The van der Waals surface area contributed by atoms with Gasteiger partial charge in [0.25, 0.3) is 0 Å². The zero-order valence-corrected chi connectivity index (χ0v) is 12.2. The summed E-state index contributed by atoms with van der Waals surface area (Å²) >= 11 is 3.25. The molecule has 19 heavy (non-hydrogen) atoms. The fraction of sp³-hybridized carbons (Fsp3) is 0.500. The number of nitrogens with zero attached hydrogens (tertiary/aromatic N) is 2. The van der Waals surface area contributed by atoms with Crippen LogP contribution in [-0.2, 0) is 0 Å². The van der Waals surface area contributed by atoms with Gasteiger partial charge in [-0.1, -0.05) is 18.9 Å². The molecule has 2 N–H and O–H groups in total. The van der Waals surface area contributed by atoms with Crippen molar-refractivity contribution in [2.24, 2.45) is 10.7 Å². The molecule has 0 spiro atoms. The van der Waals surface area contributed by atoms with Gasteiger partial charge < -0.3 is 10.6 Å². The van der Waals surface area contributed by atoms with Crippen LogP contribution in [0.3, 0.4) is 0 Å². The van der Waals surface area contributed by atoms with Crippen molar-refractivity contribution in [3.63, 3.8) is 0 Å². The van der Waals surface area contributed by atoms with Crippen LogP contribution in [0.15, 0.2) is 27.7 Å². The van der Waals surface area contributed by atoms with E-state index in [1.165, 1.54) is 31.7 Å². The molecule has 1 unspecified atom stereocenters. The summed E-state index contributed by atoms with van der Waals surface area (Å²) in [4.78, 5) is 6.61. The average molecular weight is 326 g/mol. The fourth-order valence-electron chi connectivity index (χ4n) is 3.12. The molecule has 3 rings (SSSR count). The molecule has 0 bridgehead atoms. The number of rotatable bonds is 2. The number of nitrogens with two attached hydrogens (primary N) is 1. The lowest BCUT2D eigenvalue weighted by atomic mass is 10.0. The molecule has 0 radical (unpaired) electrons. The van der Waals surface area contributed by atoms with E-state index in [-0.39, 0.29) is 11.9 Å². The van der Waals surface area contributed by atoms with Crippen LogP contribution in [0, 0.1) is 5.82 Å². The fourth-order valence-corrected chi connectivity index (χ4v) is 3.52. The quantitative estimate of drug-likeness (QED) is 0.907. The van der Waals surface area contributed by atoms with Crippen LogP contribution in [0.25, 0.3) is 0 Å². The molecule has 5 heteroatoms. The number of guanidine groups is 1. The Morgan fingerprint density at radius 2 is 2.05 bits per heavy atom. The first kappa shape index (κ1) is 12.9. The number of hydrogen-bond acceptors (Lipinski definition) is 3. The Bertz CT molecular complexity index is 511. The number of hydrogen-bond donors (Lipinski definition) is 1. The van der Waals surface area contributed by atoms with E-state index in [2.05, 4.69) is 25.8 Å². The van der Waals surface area contributed by atoms with E-state index in [1.807, 2.05) is 12.1 Å². The topological polar surface area (TPSA) is 41.6 Å². The molecule has 0 saturated heterocycles. The van der Waals surface area contributed by atoms with Gasteiger partial charge in [-0.2, -0.15) is 0 Å². The van der Waals surface area contributed by atoms with Crippen LogP contribution in [0.4, 0.5) is 4.39 Å². The highest BCUT2D eigenvalue weighted by Crippen LogP contribution is 2.35. The van der Waals surface area contributed by atoms with Gasteiger partial charge in [-0.25, -0.2) is 4.39 Å². The van der Waals surface area contributed by atoms with Crippen molar-refractivity contribution in [3.05, 3.63) is 34.1 Å².